The number of alkyl carbamates (subject to hydrolysis) is 1. The van der Waals surface area contributed by atoms with E-state index in [0.717, 1.165) is 10.0 Å². The van der Waals surface area contributed by atoms with Crippen molar-refractivity contribution < 1.29 is 22.7 Å². The van der Waals surface area contributed by atoms with E-state index >= 15 is 0 Å². The van der Waals surface area contributed by atoms with Crippen LogP contribution in [0.4, 0.5) is 10.5 Å². The van der Waals surface area contributed by atoms with Gasteiger partial charge in [0.15, 0.2) is 15.0 Å². The van der Waals surface area contributed by atoms with Crippen molar-refractivity contribution >= 4 is 72.0 Å². The van der Waals surface area contributed by atoms with Crippen LogP contribution in [0, 0.1) is 0 Å². The lowest BCUT2D eigenvalue weighted by molar-refractivity contribution is -0.119. The van der Waals surface area contributed by atoms with Gasteiger partial charge in [-0.3, -0.25) is 4.79 Å². The molecular formula is C25H27BrClN3O5S2. The number of rotatable bonds is 5. The Labute approximate surface area is 234 Å². The van der Waals surface area contributed by atoms with E-state index in [1.54, 1.807) is 43.9 Å². The second-order valence-electron chi connectivity index (χ2n) is 9.89. The number of aliphatic imine (C=N–C) groups is 1. The van der Waals surface area contributed by atoms with E-state index in [0.29, 0.717) is 15.9 Å². The van der Waals surface area contributed by atoms with Crippen molar-refractivity contribution in [3.63, 3.8) is 0 Å². The second kappa shape index (κ2) is 11.0. The fourth-order valence-corrected chi connectivity index (χ4v) is 8.87. The van der Waals surface area contributed by atoms with E-state index in [1.165, 1.54) is 11.8 Å². The van der Waals surface area contributed by atoms with Crippen LogP contribution in [0.2, 0.25) is 5.02 Å². The summed E-state index contributed by atoms with van der Waals surface area (Å²) < 4.78 is 30.9. The average Bonchev–Trinajstić information content (AvgIpc) is 3.24. The molecule has 37 heavy (non-hydrogen) atoms. The van der Waals surface area contributed by atoms with Crippen molar-refractivity contribution in [3.05, 3.63) is 63.6 Å². The number of nitrogens with one attached hydrogen (secondary N) is 1. The third-order valence-electron chi connectivity index (χ3n) is 5.71. The number of sulfone groups is 1. The number of fused-ring (bicyclic) bond motifs is 1. The minimum atomic E-state index is -3.24. The van der Waals surface area contributed by atoms with Gasteiger partial charge < -0.3 is 15.0 Å². The molecule has 0 saturated carbocycles. The summed E-state index contributed by atoms with van der Waals surface area (Å²) in [6, 6.07) is 13.1. The van der Waals surface area contributed by atoms with Crippen LogP contribution in [0.5, 0.6) is 0 Å². The van der Waals surface area contributed by atoms with E-state index in [2.05, 4.69) is 26.2 Å². The molecular weight excluding hydrogens is 602 g/mol. The first-order valence-electron chi connectivity index (χ1n) is 11.6. The van der Waals surface area contributed by atoms with Crippen molar-refractivity contribution in [1.29, 1.82) is 0 Å². The number of nitrogens with zero attached hydrogens (tertiary/aromatic N) is 2. The summed E-state index contributed by atoms with van der Waals surface area (Å²) in [5.41, 5.74) is 0.663. The predicted molar refractivity (Wildman–Crippen MR) is 151 cm³/mol. The van der Waals surface area contributed by atoms with Gasteiger partial charge in [-0.25, -0.2) is 13.2 Å². The van der Waals surface area contributed by atoms with Crippen molar-refractivity contribution in [2.45, 2.75) is 50.1 Å². The van der Waals surface area contributed by atoms with E-state index in [9.17, 15) is 18.0 Å². The molecule has 2 aliphatic rings. The number of halogens is 2. The summed E-state index contributed by atoms with van der Waals surface area (Å²) in [7, 11) is -3.24. The Balaban J connectivity index is 1.67. The zero-order valence-corrected chi connectivity index (χ0v) is 24.5. The zero-order valence-electron chi connectivity index (χ0n) is 20.5. The molecule has 2 aromatic rings. The number of carbonyl (C=O) groups is 2. The number of amides is 2. The topological polar surface area (TPSA) is 105 Å². The van der Waals surface area contributed by atoms with Gasteiger partial charge in [0.25, 0.3) is 5.91 Å². The number of amidine groups is 1. The maximum absolute atomic E-state index is 13.5. The number of thioether (sulfide) groups is 1. The Morgan fingerprint density at radius 1 is 1.22 bits per heavy atom. The molecule has 8 nitrogen and oxygen atoms in total. The van der Waals surface area contributed by atoms with Gasteiger partial charge in [-0.15, -0.1) is 0 Å². The fraction of sp³-hybridized carbons (Fsp3) is 0.400. The summed E-state index contributed by atoms with van der Waals surface area (Å²) in [5, 5.41) is 3.12. The normalized spacial score (nSPS) is 22.5. The summed E-state index contributed by atoms with van der Waals surface area (Å²) in [6.45, 7) is 5.22. The van der Waals surface area contributed by atoms with Crippen LogP contribution in [0.25, 0.3) is 0 Å². The molecule has 2 aliphatic heterocycles. The van der Waals surface area contributed by atoms with Gasteiger partial charge in [0.05, 0.1) is 28.3 Å². The maximum Gasteiger partial charge on any atom is 0.408 e. The SMILES string of the molecule is CC(C)(C)OC(=O)N[C@@H](Cc1ccccc1)C(=O)N=C1S[C@H]2CS(=O)(=O)C[C@@H]2N1c1ccc(Br)cc1Cl. The minimum absolute atomic E-state index is 0.0101. The van der Waals surface area contributed by atoms with Crippen molar-refractivity contribution in [1.82, 2.24) is 5.32 Å². The Hall–Kier alpha value is -2.08. The van der Waals surface area contributed by atoms with E-state index < -0.39 is 39.5 Å². The first-order valence-corrected chi connectivity index (χ1v) is 15.5. The highest BCUT2D eigenvalue weighted by Crippen LogP contribution is 2.43. The highest BCUT2D eigenvalue weighted by Gasteiger charge is 2.50. The van der Waals surface area contributed by atoms with Gasteiger partial charge in [-0.2, -0.15) is 4.99 Å². The number of hydrogen-bond acceptors (Lipinski definition) is 6. The Kier molecular flexibility index (Phi) is 8.27. The number of hydrogen-bond donors (Lipinski definition) is 1. The molecule has 2 saturated heterocycles. The van der Waals surface area contributed by atoms with Gasteiger partial charge in [0.2, 0.25) is 0 Å². The molecule has 2 fully saturated rings. The molecule has 0 bridgehead atoms. The molecule has 2 aromatic carbocycles. The molecule has 0 aromatic heterocycles. The standard InChI is InChI=1S/C25H27BrClN3O5S2/c1-25(2,3)35-24(32)28-18(11-15-7-5-4-6-8-15)22(31)29-23-30(19-10-9-16(26)12-17(19)27)20-13-37(33,34)14-21(20)36-23/h4-10,12,18,20-21H,11,13-14H2,1-3H3,(H,28,32)/t18-,20-,21-/m0/s1. The maximum atomic E-state index is 13.5. The highest BCUT2D eigenvalue weighted by atomic mass is 79.9. The van der Waals surface area contributed by atoms with Gasteiger partial charge >= 0.3 is 6.09 Å². The van der Waals surface area contributed by atoms with Crippen LogP contribution in [-0.4, -0.2) is 60.0 Å². The number of carbonyl (C=O) groups excluding carboxylic acids is 2. The fourth-order valence-electron chi connectivity index (χ4n) is 4.19. The van der Waals surface area contributed by atoms with Crippen molar-refractivity contribution in [2.24, 2.45) is 4.99 Å². The summed E-state index contributed by atoms with van der Waals surface area (Å²) in [5.74, 6) is -0.643. The minimum Gasteiger partial charge on any atom is -0.444 e. The second-order valence-corrected chi connectivity index (χ2v) is 14.6. The first kappa shape index (κ1) is 27.9. The number of ether oxygens (including phenoxy) is 1. The van der Waals surface area contributed by atoms with Crippen LogP contribution in [0.3, 0.4) is 0 Å². The van der Waals surface area contributed by atoms with Gasteiger partial charge in [-0.1, -0.05) is 69.6 Å². The van der Waals surface area contributed by atoms with Crippen LogP contribution >= 0.6 is 39.3 Å². The monoisotopic (exact) mass is 627 g/mol. The van der Waals surface area contributed by atoms with E-state index in [1.807, 2.05) is 30.3 Å². The van der Waals surface area contributed by atoms with Crippen LogP contribution in [-0.2, 0) is 25.8 Å². The quantitative estimate of drug-likeness (QED) is 0.505. The third-order valence-corrected chi connectivity index (χ3v) is 9.72. The number of benzene rings is 2. The predicted octanol–water partition coefficient (Wildman–Crippen LogP) is 4.84. The lowest BCUT2D eigenvalue weighted by Crippen LogP contribution is -2.45. The Morgan fingerprint density at radius 3 is 2.57 bits per heavy atom. The lowest BCUT2D eigenvalue weighted by Gasteiger charge is -2.26. The largest absolute Gasteiger partial charge is 0.444 e. The molecule has 1 N–H and O–H groups in total. The summed E-state index contributed by atoms with van der Waals surface area (Å²) in [4.78, 5) is 32.2. The molecule has 2 heterocycles. The summed E-state index contributed by atoms with van der Waals surface area (Å²) >= 11 is 11.2. The first-order chi connectivity index (χ1) is 17.3. The third kappa shape index (κ3) is 7.07. The molecule has 0 unspecified atom stereocenters. The Morgan fingerprint density at radius 2 is 1.92 bits per heavy atom. The molecule has 0 radical (unpaired) electrons. The molecule has 2 amide bonds. The Bertz CT molecular complexity index is 1330. The molecule has 3 atom stereocenters. The molecule has 0 spiro atoms. The van der Waals surface area contributed by atoms with Crippen molar-refractivity contribution in [3.8, 4) is 0 Å². The van der Waals surface area contributed by atoms with E-state index in [-0.39, 0.29) is 23.2 Å². The lowest BCUT2D eigenvalue weighted by atomic mass is 10.1. The highest BCUT2D eigenvalue weighted by molar-refractivity contribution is 9.10. The van der Waals surface area contributed by atoms with Crippen LogP contribution in [0.1, 0.15) is 26.3 Å². The summed E-state index contributed by atoms with van der Waals surface area (Å²) in [6.07, 6.45) is -0.516. The van der Waals surface area contributed by atoms with E-state index in [4.69, 9.17) is 16.3 Å². The van der Waals surface area contributed by atoms with Crippen LogP contribution in [0.15, 0.2) is 58.0 Å². The van der Waals surface area contributed by atoms with Gasteiger partial charge in [-0.05, 0) is 44.5 Å². The molecule has 0 aliphatic carbocycles. The smallest absolute Gasteiger partial charge is 0.408 e. The molecule has 12 heteroatoms. The van der Waals surface area contributed by atoms with Gasteiger partial charge in [0.1, 0.15) is 11.6 Å². The van der Waals surface area contributed by atoms with Crippen LogP contribution < -0.4 is 10.2 Å². The molecule has 4 rings (SSSR count). The average molecular weight is 629 g/mol. The number of anilines is 1. The zero-order chi connectivity index (χ0) is 27.0. The van der Waals surface area contributed by atoms with Crippen molar-refractivity contribution in [2.75, 3.05) is 16.4 Å². The molecule has 198 valence electrons. The van der Waals surface area contributed by atoms with Gasteiger partial charge in [0, 0.05) is 16.1 Å².